The van der Waals surface area contributed by atoms with Gasteiger partial charge in [-0.2, -0.15) is 0 Å². The monoisotopic (exact) mass is 327 g/mol. The SMILES string of the molecule is CCCNC(=O)Cn1cnc2scc(-c3ccccc3)c2c1=O. The van der Waals surface area contributed by atoms with E-state index in [1.807, 2.05) is 42.6 Å². The molecule has 0 aliphatic heterocycles. The number of carbonyl (C=O) groups excluding carboxylic acids is 1. The lowest BCUT2D eigenvalue weighted by Crippen LogP contribution is -2.32. The van der Waals surface area contributed by atoms with Gasteiger partial charge in [-0.25, -0.2) is 4.98 Å². The Labute approximate surface area is 137 Å². The van der Waals surface area contributed by atoms with Crippen LogP contribution in [0.25, 0.3) is 21.3 Å². The summed E-state index contributed by atoms with van der Waals surface area (Å²) < 4.78 is 1.37. The molecule has 5 nitrogen and oxygen atoms in total. The summed E-state index contributed by atoms with van der Waals surface area (Å²) in [5.41, 5.74) is 1.67. The summed E-state index contributed by atoms with van der Waals surface area (Å²) >= 11 is 1.44. The topological polar surface area (TPSA) is 64.0 Å². The van der Waals surface area contributed by atoms with Crippen molar-refractivity contribution in [3.63, 3.8) is 0 Å². The average Bonchev–Trinajstić information content (AvgIpc) is 3.01. The van der Waals surface area contributed by atoms with E-state index in [1.54, 1.807) is 0 Å². The van der Waals surface area contributed by atoms with Gasteiger partial charge in [-0.05, 0) is 12.0 Å². The summed E-state index contributed by atoms with van der Waals surface area (Å²) in [5.74, 6) is -0.174. The quantitative estimate of drug-likeness (QED) is 0.783. The van der Waals surface area contributed by atoms with Crippen LogP contribution < -0.4 is 10.9 Å². The van der Waals surface area contributed by atoms with Gasteiger partial charge in [-0.1, -0.05) is 37.3 Å². The van der Waals surface area contributed by atoms with Crippen molar-refractivity contribution in [3.05, 3.63) is 52.4 Å². The molecule has 2 aromatic heterocycles. The minimum Gasteiger partial charge on any atom is -0.355 e. The van der Waals surface area contributed by atoms with Crippen LogP contribution in [0.1, 0.15) is 13.3 Å². The molecule has 0 radical (unpaired) electrons. The van der Waals surface area contributed by atoms with E-state index in [0.717, 1.165) is 17.5 Å². The largest absolute Gasteiger partial charge is 0.355 e. The molecule has 1 amide bonds. The predicted molar refractivity (Wildman–Crippen MR) is 92.6 cm³/mol. The number of benzene rings is 1. The molecule has 0 atom stereocenters. The van der Waals surface area contributed by atoms with E-state index in [9.17, 15) is 9.59 Å². The molecule has 0 aliphatic carbocycles. The number of rotatable bonds is 5. The summed E-state index contributed by atoms with van der Waals surface area (Å²) in [6, 6.07) is 9.74. The van der Waals surface area contributed by atoms with E-state index >= 15 is 0 Å². The maximum Gasteiger partial charge on any atom is 0.263 e. The molecular weight excluding hydrogens is 310 g/mol. The number of carbonyl (C=O) groups is 1. The molecule has 0 bridgehead atoms. The second-order valence-electron chi connectivity index (χ2n) is 5.22. The molecule has 2 heterocycles. The van der Waals surface area contributed by atoms with Crippen LogP contribution in [0, 0.1) is 0 Å². The summed E-state index contributed by atoms with van der Waals surface area (Å²) in [6.45, 7) is 2.58. The molecule has 0 fully saturated rings. The van der Waals surface area contributed by atoms with Crippen molar-refractivity contribution >= 4 is 27.5 Å². The van der Waals surface area contributed by atoms with E-state index in [4.69, 9.17) is 0 Å². The second kappa shape index (κ2) is 6.75. The predicted octanol–water partition coefficient (Wildman–Crippen LogP) is 2.65. The fraction of sp³-hybridized carbons (Fsp3) is 0.235. The van der Waals surface area contributed by atoms with Crippen LogP contribution in [-0.2, 0) is 11.3 Å². The highest BCUT2D eigenvalue weighted by Crippen LogP contribution is 2.30. The number of amides is 1. The molecule has 1 N–H and O–H groups in total. The van der Waals surface area contributed by atoms with Crippen LogP contribution in [0.2, 0.25) is 0 Å². The first-order valence-electron chi connectivity index (χ1n) is 7.49. The minimum atomic E-state index is -0.179. The Morgan fingerprint density at radius 3 is 2.83 bits per heavy atom. The summed E-state index contributed by atoms with van der Waals surface area (Å²) in [5, 5.41) is 5.29. The standard InChI is InChI=1S/C17H17N3O2S/c1-2-8-18-14(21)9-20-11-19-16-15(17(20)22)13(10-23-16)12-6-4-3-5-7-12/h3-7,10-11H,2,8-9H2,1H3,(H,18,21). The van der Waals surface area contributed by atoms with Gasteiger partial charge in [0.05, 0.1) is 11.7 Å². The van der Waals surface area contributed by atoms with E-state index in [0.29, 0.717) is 16.8 Å². The molecule has 3 aromatic rings. The first kappa shape index (κ1) is 15.4. The highest BCUT2D eigenvalue weighted by atomic mass is 32.1. The second-order valence-corrected chi connectivity index (χ2v) is 6.08. The van der Waals surface area contributed by atoms with E-state index in [2.05, 4.69) is 10.3 Å². The zero-order valence-corrected chi connectivity index (χ0v) is 13.6. The van der Waals surface area contributed by atoms with Crippen LogP contribution in [-0.4, -0.2) is 22.0 Å². The molecule has 0 spiro atoms. The summed E-state index contributed by atoms with van der Waals surface area (Å²) in [6.07, 6.45) is 2.31. The first-order valence-corrected chi connectivity index (χ1v) is 8.37. The van der Waals surface area contributed by atoms with Crippen LogP contribution in [0.3, 0.4) is 0 Å². The molecule has 3 rings (SSSR count). The fourth-order valence-electron chi connectivity index (χ4n) is 2.39. The van der Waals surface area contributed by atoms with Crippen LogP contribution in [0.15, 0.2) is 46.8 Å². The van der Waals surface area contributed by atoms with Gasteiger partial charge in [0, 0.05) is 17.5 Å². The lowest BCUT2D eigenvalue weighted by atomic mass is 10.1. The summed E-state index contributed by atoms with van der Waals surface area (Å²) in [7, 11) is 0. The Morgan fingerprint density at radius 2 is 2.09 bits per heavy atom. The number of hydrogen-bond acceptors (Lipinski definition) is 4. The number of aromatic nitrogens is 2. The van der Waals surface area contributed by atoms with Gasteiger partial charge in [-0.3, -0.25) is 14.2 Å². The maximum absolute atomic E-state index is 12.7. The first-order chi connectivity index (χ1) is 11.2. The lowest BCUT2D eigenvalue weighted by molar-refractivity contribution is -0.121. The molecule has 118 valence electrons. The van der Waals surface area contributed by atoms with Crippen LogP contribution in [0.5, 0.6) is 0 Å². The Bertz CT molecular complexity index is 884. The highest BCUT2D eigenvalue weighted by molar-refractivity contribution is 7.17. The molecule has 1 aromatic carbocycles. The van der Waals surface area contributed by atoms with Crippen molar-refractivity contribution in [1.29, 1.82) is 0 Å². The fourth-order valence-corrected chi connectivity index (χ4v) is 3.29. The zero-order valence-electron chi connectivity index (χ0n) is 12.8. The van der Waals surface area contributed by atoms with E-state index in [-0.39, 0.29) is 18.0 Å². The van der Waals surface area contributed by atoms with Gasteiger partial charge < -0.3 is 5.32 Å². The van der Waals surface area contributed by atoms with E-state index in [1.165, 1.54) is 22.2 Å². The van der Waals surface area contributed by atoms with Crippen molar-refractivity contribution < 1.29 is 4.79 Å². The molecule has 6 heteroatoms. The number of fused-ring (bicyclic) bond motifs is 1. The number of nitrogens with zero attached hydrogens (tertiary/aromatic N) is 2. The van der Waals surface area contributed by atoms with Gasteiger partial charge in [0.1, 0.15) is 11.4 Å². The molecule has 0 saturated heterocycles. The molecule has 0 unspecified atom stereocenters. The minimum absolute atomic E-state index is 0.00809. The third-order valence-corrected chi connectivity index (χ3v) is 4.42. The Balaban J connectivity index is 2.01. The average molecular weight is 327 g/mol. The van der Waals surface area contributed by atoms with Crippen LogP contribution >= 0.6 is 11.3 Å². The third kappa shape index (κ3) is 3.17. The van der Waals surface area contributed by atoms with Gasteiger partial charge in [0.25, 0.3) is 5.56 Å². The van der Waals surface area contributed by atoms with Gasteiger partial charge in [-0.15, -0.1) is 11.3 Å². The Kier molecular flexibility index (Phi) is 4.52. The normalized spacial score (nSPS) is 10.8. The number of hydrogen-bond donors (Lipinski definition) is 1. The molecular formula is C17H17N3O2S. The van der Waals surface area contributed by atoms with Crippen molar-refractivity contribution in [3.8, 4) is 11.1 Å². The smallest absolute Gasteiger partial charge is 0.263 e. The van der Waals surface area contributed by atoms with Crippen molar-refractivity contribution in [2.45, 2.75) is 19.9 Å². The Morgan fingerprint density at radius 1 is 1.30 bits per heavy atom. The molecule has 23 heavy (non-hydrogen) atoms. The van der Waals surface area contributed by atoms with Gasteiger partial charge >= 0.3 is 0 Å². The van der Waals surface area contributed by atoms with Crippen LogP contribution in [0.4, 0.5) is 0 Å². The summed E-state index contributed by atoms with van der Waals surface area (Å²) in [4.78, 5) is 29.6. The van der Waals surface area contributed by atoms with Gasteiger partial charge in [0.15, 0.2) is 0 Å². The zero-order chi connectivity index (χ0) is 16.2. The van der Waals surface area contributed by atoms with Crippen molar-refractivity contribution in [2.75, 3.05) is 6.54 Å². The third-order valence-electron chi connectivity index (χ3n) is 3.53. The molecule has 0 saturated carbocycles. The van der Waals surface area contributed by atoms with Crippen molar-refractivity contribution in [2.24, 2.45) is 0 Å². The van der Waals surface area contributed by atoms with Gasteiger partial charge in [0.2, 0.25) is 5.91 Å². The maximum atomic E-state index is 12.7. The highest BCUT2D eigenvalue weighted by Gasteiger charge is 2.14. The Hall–Kier alpha value is -2.47. The number of nitrogens with one attached hydrogen (secondary N) is 1. The van der Waals surface area contributed by atoms with E-state index < -0.39 is 0 Å². The van der Waals surface area contributed by atoms with Crippen molar-refractivity contribution in [1.82, 2.24) is 14.9 Å². The lowest BCUT2D eigenvalue weighted by Gasteiger charge is -2.07. The number of thiophene rings is 1. The molecule has 0 aliphatic rings.